The number of benzene rings is 1. The summed E-state index contributed by atoms with van der Waals surface area (Å²) in [4.78, 5) is 12.0. The number of hydrogen-bond acceptors (Lipinski definition) is 3. The summed E-state index contributed by atoms with van der Waals surface area (Å²) >= 11 is 0. The first kappa shape index (κ1) is 15.0. The SMILES string of the molecule is CCOC(=O)C(C(C)C)C(O)c1ccc(C2CC2)cc1. The van der Waals surface area contributed by atoms with Gasteiger partial charge in [0.05, 0.1) is 18.6 Å². The van der Waals surface area contributed by atoms with Gasteiger partial charge >= 0.3 is 5.97 Å². The number of carbonyl (C=O) groups excluding carboxylic acids is 1. The summed E-state index contributed by atoms with van der Waals surface area (Å²) < 4.78 is 5.08. The van der Waals surface area contributed by atoms with Crippen LogP contribution in [0, 0.1) is 11.8 Å². The van der Waals surface area contributed by atoms with Crippen molar-refractivity contribution in [3.8, 4) is 0 Å². The molecular weight excluding hydrogens is 252 g/mol. The van der Waals surface area contributed by atoms with Crippen LogP contribution in [0.15, 0.2) is 24.3 Å². The molecule has 0 spiro atoms. The zero-order valence-electron chi connectivity index (χ0n) is 12.5. The van der Waals surface area contributed by atoms with Crippen molar-refractivity contribution in [1.82, 2.24) is 0 Å². The maximum Gasteiger partial charge on any atom is 0.312 e. The highest BCUT2D eigenvalue weighted by Crippen LogP contribution is 2.40. The Balaban J connectivity index is 2.13. The van der Waals surface area contributed by atoms with Crippen LogP contribution in [0.3, 0.4) is 0 Å². The Labute approximate surface area is 121 Å². The number of esters is 1. The molecule has 2 atom stereocenters. The van der Waals surface area contributed by atoms with Gasteiger partial charge in [0.1, 0.15) is 0 Å². The zero-order valence-corrected chi connectivity index (χ0v) is 12.5. The second-order valence-electron chi connectivity index (χ2n) is 5.91. The highest BCUT2D eigenvalue weighted by Gasteiger charge is 2.32. The largest absolute Gasteiger partial charge is 0.466 e. The van der Waals surface area contributed by atoms with Crippen molar-refractivity contribution in [1.29, 1.82) is 0 Å². The predicted octanol–water partition coefficient (Wildman–Crippen LogP) is 3.43. The van der Waals surface area contributed by atoms with Gasteiger partial charge in [-0.2, -0.15) is 0 Å². The molecule has 1 aliphatic carbocycles. The van der Waals surface area contributed by atoms with Crippen molar-refractivity contribution >= 4 is 5.97 Å². The van der Waals surface area contributed by atoms with E-state index in [0.717, 1.165) is 5.56 Å². The van der Waals surface area contributed by atoms with Gasteiger partial charge in [-0.3, -0.25) is 4.79 Å². The number of hydrogen-bond donors (Lipinski definition) is 1. The fourth-order valence-corrected chi connectivity index (χ4v) is 2.59. The van der Waals surface area contributed by atoms with Crippen molar-refractivity contribution < 1.29 is 14.6 Å². The van der Waals surface area contributed by atoms with E-state index in [4.69, 9.17) is 4.74 Å². The minimum absolute atomic E-state index is 0.0344. The maximum atomic E-state index is 12.0. The molecule has 2 rings (SSSR count). The first-order valence-corrected chi connectivity index (χ1v) is 7.49. The Hall–Kier alpha value is -1.35. The van der Waals surface area contributed by atoms with Gasteiger partial charge in [-0.25, -0.2) is 0 Å². The summed E-state index contributed by atoms with van der Waals surface area (Å²) in [7, 11) is 0. The third kappa shape index (κ3) is 3.40. The average molecular weight is 276 g/mol. The number of rotatable bonds is 6. The lowest BCUT2D eigenvalue weighted by atomic mass is 9.86. The van der Waals surface area contributed by atoms with Gasteiger partial charge in [-0.05, 0) is 42.7 Å². The minimum atomic E-state index is -0.803. The third-order valence-electron chi connectivity index (χ3n) is 3.94. The molecule has 1 N–H and O–H groups in total. The number of carbonyl (C=O) groups is 1. The highest BCUT2D eigenvalue weighted by molar-refractivity contribution is 5.73. The van der Waals surface area contributed by atoms with Gasteiger partial charge < -0.3 is 9.84 Å². The smallest absolute Gasteiger partial charge is 0.312 e. The van der Waals surface area contributed by atoms with E-state index >= 15 is 0 Å². The molecule has 3 heteroatoms. The lowest BCUT2D eigenvalue weighted by Crippen LogP contribution is -2.29. The monoisotopic (exact) mass is 276 g/mol. The molecule has 0 aliphatic heterocycles. The minimum Gasteiger partial charge on any atom is -0.466 e. The lowest BCUT2D eigenvalue weighted by Gasteiger charge is -2.25. The van der Waals surface area contributed by atoms with Crippen LogP contribution in [-0.2, 0) is 9.53 Å². The van der Waals surface area contributed by atoms with E-state index in [1.54, 1.807) is 6.92 Å². The third-order valence-corrected chi connectivity index (χ3v) is 3.94. The molecule has 20 heavy (non-hydrogen) atoms. The maximum absolute atomic E-state index is 12.0. The first-order chi connectivity index (χ1) is 9.54. The van der Waals surface area contributed by atoms with Crippen LogP contribution in [0.1, 0.15) is 56.8 Å². The van der Waals surface area contributed by atoms with Crippen LogP contribution < -0.4 is 0 Å². The van der Waals surface area contributed by atoms with Gasteiger partial charge in [0.25, 0.3) is 0 Å². The van der Waals surface area contributed by atoms with E-state index in [1.165, 1.54) is 18.4 Å². The Morgan fingerprint density at radius 1 is 1.30 bits per heavy atom. The summed E-state index contributed by atoms with van der Waals surface area (Å²) in [5.74, 6) is -0.0951. The number of ether oxygens (including phenoxy) is 1. The Morgan fingerprint density at radius 2 is 1.90 bits per heavy atom. The Morgan fingerprint density at radius 3 is 2.35 bits per heavy atom. The summed E-state index contributed by atoms with van der Waals surface area (Å²) in [6, 6.07) is 8.01. The molecule has 0 bridgehead atoms. The van der Waals surface area contributed by atoms with Crippen LogP contribution in [0.5, 0.6) is 0 Å². The van der Waals surface area contributed by atoms with Gasteiger partial charge in [0, 0.05) is 0 Å². The van der Waals surface area contributed by atoms with Gasteiger partial charge in [-0.1, -0.05) is 38.1 Å². The van der Waals surface area contributed by atoms with Crippen LogP contribution in [0.4, 0.5) is 0 Å². The molecule has 3 nitrogen and oxygen atoms in total. The summed E-state index contributed by atoms with van der Waals surface area (Å²) in [5.41, 5.74) is 2.12. The molecule has 0 aromatic heterocycles. The number of aliphatic hydroxyl groups excluding tert-OH is 1. The normalized spacial score (nSPS) is 17.9. The van der Waals surface area contributed by atoms with Crippen LogP contribution in [0.25, 0.3) is 0 Å². The highest BCUT2D eigenvalue weighted by atomic mass is 16.5. The molecule has 1 fully saturated rings. The van der Waals surface area contributed by atoms with Crippen LogP contribution in [0.2, 0.25) is 0 Å². The molecule has 1 aromatic carbocycles. The van der Waals surface area contributed by atoms with Crippen LogP contribution >= 0.6 is 0 Å². The molecule has 0 radical (unpaired) electrons. The molecule has 2 unspecified atom stereocenters. The van der Waals surface area contributed by atoms with E-state index < -0.39 is 12.0 Å². The van der Waals surface area contributed by atoms with Crippen molar-refractivity contribution in [2.45, 2.75) is 45.6 Å². The van der Waals surface area contributed by atoms with E-state index in [2.05, 4.69) is 12.1 Å². The fraction of sp³-hybridized carbons (Fsp3) is 0.588. The van der Waals surface area contributed by atoms with E-state index in [0.29, 0.717) is 12.5 Å². The molecule has 1 aliphatic rings. The zero-order chi connectivity index (χ0) is 14.7. The first-order valence-electron chi connectivity index (χ1n) is 7.49. The standard InChI is InChI=1S/C17H24O3/c1-4-20-17(19)15(11(2)3)16(18)14-9-7-13(8-10-14)12-5-6-12/h7-12,15-16,18H,4-6H2,1-3H3. The fourth-order valence-electron chi connectivity index (χ4n) is 2.59. The quantitative estimate of drug-likeness (QED) is 0.810. The molecule has 110 valence electrons. The van der Waals surface area contributed by atoms with E-state index in [9.17, 15) is 9.90 Å². The lowest BCUT2D eigenvalue weighted by molar-refractivity contribution is -0.154. The molecule has 0 amide bonds. The molecule has 1 saturated carbocycles. The predicted molar refractivity (Wildman–Crippen MR) is 78.3 cm³/mol. The molecule has 1 aromatic rings. The van der Waals surface area contributed by atoms with E-state index in [1.807, 2.05) is 26.0 Å². The van der Waals surface area contributed by atoms with Crippen molar-refractivity contribution in [2.75, 3.05) is 6.61 Å². The molecule has 0 saturated heterocycles. The average Bonchev–Trinajstić information content (AvgIpc) is 3.23. The number of aliphatic hydroxyl groups is 1. The van der Waals surface area contributed by atoms with Gasteiger partial charge in [-0.15, -0.1) is 0 Å². The second kappa shape index (κ2) is 6.40. The molecule has 0 heterocycles. The van der Waals surface area contributed by atoms with E-state index in [-0.39, 0.29) is 11.9 Å². The topological polar surface area (TPSA) is 46.5 Å². The van der Waals surface area contributed by atoms with Crippen molar-refractivity contribution in [2.24, 2.45) is 11.8 Å². The van der Waals surface area contributed by atoms with Crippen molar-refractivity contribution in [3.63, 3.8) is 0 Å². The molecular formula is C17H24O3. The Bertz CT molecular complexity index is 446. The second-order valence-corrected chi connectivity index (χ2v) is 5.91. The Kier molecular flexibility index (Phi) is 4.81. The summed E-state index contributed by atoms with van der Waals surface area (Å²) in [6.07, 6.45) is 1.72. The van der Waals surface area contributed by atoms with Crippen molar-refractivity contribution in [3.05, 3.63) is 35.4 Å². The van der Waals surface area contributed by atoms with Crippen LogP contribution in [-0.4, -0.2) is 17.7 Å². The summed E-state index contributed by atoms with van der Waals surface area (Å²) in [6.45, 7) is 5.99. The van der Waals surface area contributed by atoms with Gasteiger partial charge in [0.2, 0.25) is 0 Å². The summed E-state index contributed by atoms with van der Waals surface area (Å²) in [5, 5.41) is 10.5. The van der Waals surface area contributed by atoms with Gasteiger partial charge in [0.15, 0.2) is 0 Å².